The fraction of sp³-hybridized carbons (Fsp3) is 0.318. The maximum absolute atomic E-state index is 13.6. The first-order chi connectivity index (χ1) is 16.3. The third-order valence-corrected chi connectivity index (χ3v) is 4.56. The smallest absolute Gasteiger partial charge is 0.436 e. The zero-order valence-electron chi connectivity index (χ0n) is 18.8. The van der Waals surface area contributed by atoms with Crippen LogP contribution in [0.3, 0.4) is 0 Å². The van der Waals surface area contributed by atoms with Crippen molar-refractivity contribution < 1.29 is 46.1 Å². The molecule has 1 amide bonds. The highest BCUT2D eigenvalue weighted by molar-refractivity contribution is 5.98. The van der Waals surface area contributed by atoms with Crippen LogP contribution in [0.25, 0.3) is 0 Å². The number of aromatic carboxylic acids is 1. The highest BCUT2D eigenvalue weighted by atomic mass is 19.4. The van der Waals surface area contributed by atoms with Crippen LogP contribution in [0.15, 0.2) is 48.3 Å². The number of allylic oxidation sites excluding steroid dienone is 2. The van der Waals surface area contributed by atoms with Crippen molar-refractivity contribution in [3.63, 3.8) is 0 Å². The lowest BCUT2D eigenvalue weighted by molar-refractivity contribution is -0.141. The summed E-state index contributed by atoms with van der Waals surface area (Å²) in [5.41, 5.74) is -1.96. The van der Waals surface area contributed by atoms with E-state index in [0.29, 0.717) is 10.2 Å². The summed E-state index contributed by atoms with van der Waals surface area (Å²) in [6.07, 6.45) is -1.34. The van der Waals surface area contributed by atoms with Gasteiger partial charge in [-0.3, -0.25) is 4.79 Å². The van der Waals surface area contributed by atoms with Crippen molar-refractivity contribution in [3.05, 3.63) is 70.6 Å². The van der Waals surface area contributed by atoms with Crippen molar-refractivity contribution in [2.75, 3.05) is 6.61 Å². The number of amides is 1. The Kier molecular flexibility index (Phi) is 8.98. The number of alkyl halides is 5. The van der Waals surface area contributed by atoms with E-state index in [2.05, 4.69) is 15.2 Å². The molecule has 190 valence electrons. The van der Waals surface area contributed by atoms with Gasteiger partial charge in [-0.2, -0.15) is 27.1 Å². The van der Waals surface area contributed by atoms with Gasteiger partial charge in [-0.15, -0.1) is 0 Å². The van der Waals surface area contributed by atoms with Crippen LogP contribution in [-0.4, -0.2) is 40.0 Å². The predicted octanol–water partition coefficient (Wildman–Crippen LogP) is 4.71. The number of aromatic nitrogens is 2. The summed E-state index contributed by atoms with van der Waals surface area (Å²) in [7, 11) is 1.13. The number of carboxylic acid groups (broad SMARTS) is 1. The van der Waals surface area contributed by atoms with Gasteiger partial charge >= 0.3 is 18.8 Å². The SMILES string of the molecule is C/C=C\C(=C/COc1c(C(=O)N[C@@H](C)c2ccc(C(=O)O)cc2)c(C(F)(F)F)nn1C)OC(F)F. The number of hydrogen-bond donors (Lipinski definition) is 2. The number of rotatable bonds is 10. The topological polar surface area (TPSA) is 103 Å². The number of aryl methyl sites for hydroxylation is 1. The van der Waals surface area contributed by atoms with E-state index in [-0.39, 0.29) is 11.3 Å². The molecule has 0 saturated carbocycles. The molecule has 0 saturated heterocycles. The first kappa shape index (κ1) is 27.3. The van der Waals surface area contributed by atoms with Crippen LogP contribution in [0.4, 0.5) is 22.0 Å². The van der Waals surface area contributed by atoms with Crippen molar-refractivity contribution >= 4 is 11.9 Å². The molecular formula is C22H22F5N3O5. The van der Waals surface area contributed by atoms with Crippen molar-refractivity contribution in [1.29, 1.82) is 0 Å². The molecule has 0 aliphatic rings. The van der Waals surface area contributed by atoms with Gasteiger partial charge in [-0.1, -0.05) is 18.2 Å². The molecule has 8 nitrogen and oxygen atoms in total. The molecule has 0 fully saturated rings. The molecule has 2 N–H and O–H groups in total. The van der Waals surface area contributed by atoms with Crippen molar-refractivity contribution in [1.82, 2.24) is 15.1 Å². The zero-order chi connectivity index (χ0) is 26.3. The molecular weight excluding hydrogens is 481 g/mol. The maximum Gasteiger partial charge on any atom is 0.436 e. The molecule has 0 aliphatic carbocycles. The normalized spacial score (nSPS) is 13.2. The molecule has 1 atom stereocenters. The summed E-state index contributed by atoms with van der Waals surface area (Å²) in [6.45, 7) is -0.598. The Morgan fingerprint density at radius 3 is 2.37 bits per heavy atom. The summed E-state index contributed by atoms with van der Waals surface area (Å²) in [4.78, 5) is 23.8. The van der Waals surface area contributed by atoms with Gasteiger partial charge in [0.25, 0.3) is 5.91 Å². The highest BCUT2D eigenvalue weighted by Gasteiger charge is 2.42. The molecule has 1 aromatic carbocycles. The first-order valence-electron chi connectivity index (χ1n) is 10.0. The van der Waals surface area contributed by atoms with Crippen LogP contribution in [0.2, 0.25) is 0 Å². The molecule has 0 radical (unpaired) electrons. The van der Waals surface area contributed by atoms with E-state index in [4.69, 9.17) is 9.84 Å². The van der Waals surface area contributed by atoms with E-state index in [1.165, 1.54) is 43.3 Å². The fourth-order valence-corrected chi connectivity index (χ4v) is 2.97. The van der Waals surface area contributed by atoms with Crippen LogP contribution in [0.5, 0.6) is 5.88 Å². The Morgan fingerprint density at radius 1 is 1.23 bits per heavy atom. The minimum Gasteiger partial charge on any atom is -0.478 e. The molecule has 35 heavy (non-hydrogen) atoms. The van der Waals surface area contributed by atoms with Gasteiger partial charge < -0.3 is 19.9 Å². The number of nitrogens with one attached hydrogen (secondary N) is 1. The van der Waals surface area contributed by atoms with Gasteiger partial charge in [-0.05, 0) is 43.7 Å². The minimum absolute atomic E-state index is 0.00394. The molecule has 2 rings (SSSR count). The van der Waals surface area contributed by atoms with Gasteiger partial charge in [0.15, 0.2) is 5.69 Å². The zero-order valence-corrected chi connectivity index (χ0v) is 18.8. The Labute approximate surface area is 196 Å². The van der Waals surface area contributed by atoms with Gasteiger partial charge in [0.1, 0.15) is 17.9 Å². The number of carbonyl (C=O) groups is 2. The number of benzene rings is 1. The number of hydrogen-bond acceptors (Lipinski definition) is 5. The van der Waals surface area contributed by atoms with Crippen molar-refractivity contribution in [3.8, 4) is 5.88 Å². The largest absolute Gasteiger partial charge is 0.478 e. The van der Waals surface area contributed by atoms with E-state index >= 15 is 0 Å². The number of carboxylic acids is 1. The lowest BCUT2D eigenvalue weighted by atomic mass is 10.1. The Balaban J connectivity index is 2.33. The monoisotopic (exact) mass is 503 g/mol. The average Bonchev–Trinajstić information content (AvgIpc) is 3.10. The van der Waals surface area contributed by atoms with Crippen LogP contribution < -0.4 is 10.1 Å². The first-order valence-corrected chi connectivity index (χ1v) is 10.0. The second-order valence-electron chi connectivity index (χ2n) is 7.07. The molecule has 13 heteroatoms. The third-order valence-electron chi connectivity index (χ3n) is 4.56. The standard InChI is InChI=1S/C22H22F5N3O5/c1-4-5-15(35-21(23)24)10-11-34-19-16(17(22(25,26)27)29-30(19)3)18(31)28-12(2)13-6-8-14(9-7-13)20(32)33/h4-10,12,21H,11H2,1-3H3,(H,28,31)(H,32,33)/b5-4-,15-10+/t12-/m0/s1. The summed E-state index contributed by atoms with van der Waals surface area (Å²) < 4.78 is 76.0. The molecule has 0 aliphatic heterocycles. The lowest BCUT2D eigenvalue weighted by Gasteiger charge is -2.16. The number of halogens is 5. The van der Waals surface area contributed by atoms with Gasteiger partial charge in [0, 0.05) is 7.05 Å². The third kappa shape index (κ3) is 7.29. The summed E-state index contributed by atoms with van der Waals surface area (Å²) >= 11 is 0. The minimum atomic E-state index is -5.00. The Morgan fingerprint density at radius 2 is 1.86 bits per heavy atom. The van der Waals surface area contributed by atoms with Crippen molar-refractivity contribution in [2.24, 2.45) is 7.05 Å². The Hall–Kier alpha value is -3.90. The molecule has 1 heterocycles. The average molecular weight is 503 g/mol. The molecule has 0 unspecified atom stereocenters. The predicted molar refractivity (Wildman–Crippen MR) is 113 cm³/mol. The molecule has 0 bridgehead atoms. The molecule has 0 spiro atoms. The maximum atomic E-state index is 13.6. The second kappa shape index (κ2) is 11.5. The number of nitrogens with zero attached hydrogens (tertiary/aromatic N) is 2. The van der Waals surface area contributed by atoms with E-state index in [9.17, 15) is 31.5 Å². The van der Waals surface area contributed by atoms with Crippen LogP contribution >= 0.6 is 0 Å². The van der Waals surface area contributed by atoms with Crippen LogP contribution in [-0.2, 0) is 18.0 Å². The van der Waals surface area contributed by atoms with Gasteiger partial charge in [0.2, 0.25) is 5.88 Å². The Bertz CT molecular complexity index is 1110. The fourth-order valence-electron chi connectivity index (χ4n) is 2.97. The lowest BCUT2D eigenvalue weighted by Crippen LogP contribution is -2.29. The van der Waals surface area contributed by atoms with E-state index in [1.807, 2.05) is 0 Å². The summed E-state index contributed by atoms with van der Waals surface area (Å²) in [6, 6.07) is 4.60. The summed E-state index contributed by atoms with van der Waals surface area (Å²) in [5.74, 6) is -3.15. The van der Waals surface area contributed by atoms with E-state index in [0.717, 1.165) is 13.1 Å². The van der Waals surface area contributed by atoms with Crippen LogP contribution in [0.1, 0.15) is 51.9 Å². The number of ether oxygens (including phenoxy) is 2. The quantitative estimate of drug-likeness (QED) is 0.277. The van der Waals surface area contributed by atoms with Gasteiger partial charge in [0.05, 0.1) is 11.6 Å². The number of carbonyl (C=O) groups excluding carboxylic acids is 1. The van der Waals surface area contributed by atoms with Crippen molar-refractivity contribution in [2.45, 2.75) is 32.7 Å². The van der Waals surface area contributed by atoms with E-state index < -0.39 is 54.5 Å². The second-order valence-corrected chi connectivity index (χ2v) is 7.07. The summed E-state index contributed by atoms with van der Waals surface area (Å²) in [5, 5.41) is 14.7. The van der Waals surface area contributed by atoms with Crippen LogP contribution in [0, 0.1) is 0 Å². The van der Waals surface area contributed by atoms with Gasteiger partial charge in [-0.25, -0.2) is 9.48 Å². The van der Waals surface area contributed by atoms with E-state index in [1.54, 1.807) is 6.92 Å². The molecule has 1 aromatic heterocycles. The highest BCUT2D eigenvalue weighted by Crippen LogP contribution is 2.35. The molecule has 2 aromatic rings.